The zero-order valence-corrected chi connectivity index (χ0v) is 13.7. The Morgan fingerprint density at radius 2 is 2.00 bits per heavy atom. The number of nitrogens with one attached hydrogen (secondary N) is 1. The number of benzene rings is 2. The molecule has 0 aliphatic rings. The van der Waals surface area contributed by atoms with E-state index in [9.17, 15) is 4.79 Å². The van der Waals surface area contributed by atoms with Crippen LogP contribution in [0, 0.1) is 6.92 Å². The minimum Gasteiger partial charge on any atom is -0.484 e. The lowest BCUT2D eigenvalue weighted by atomic mass is 10.1. The van der Waals surface area contributed by atoms with Gasteiger partial charge in [-0.3, -0.25) is 9.48 Å². The predicted octanol–water partition coefficient (Wildman–Crippen LogP) is 2.93. The summed E-state index contributed by atoms with van der Waals surface area (Å²) in [5, 5.41) is 9.43. The van der Waals surface area contributed by atoms with Crippen molar-refractivity contribution in [1.82, 2.24) is 15.1 Å². The van der Waals surface area contributed by atoms with Crippen molar-refractivity contribution < 1.29 is 9.53 Å². The van der Waals surface area contributed by atoms with E-state index in [4.69, 9.17) is 4.74 Å². The first kappa shape index (κ1) is 16.1. The number of amides is 1. The molecular weight excluding hydrogens is 302 g/mol. The van der Waals surface area contributed by atoms with Gasteiger partial charge in [0.25, 0.3) is 5.91 Å². The number of aryl methyl sites for hydroxylation is 2. The van der Waals surface area contributed by atoms with Crippen LogP contribution in [0.5, 0.6) is 5.75 Å². The monoisotopic (exact) mass is 323 g/mol. The number of ether oxygens (including phenoxy) is 1. The van der Waals surface area contributed by atoms with E-state index in [-0.39, 0.29) is 12.5 Å². The summed E-state index contributed by atoms with van der Waals surface area (Å²) in [7, 11) is 0. The smallest absolute Gasteiger partial charge is 0.257 e. The Morgan fingerprint density at radius 1 is 1.17 bits per heavy atom. The summed E-state index contributed by atoms with van der Waals surface area (Å²) in [4.78, 5) is 11.8. The SMILES string of the molecule is Cc1ccn(CCCNC(=O)COc2ccc3ccccc3c2)n1. The number of carbonyl (C=O) groups is 1. The maximum absolute atomic E-state index is 11.8. The van der Waals surface area contributed by atoms with Gasteiger partial charge in [0.1, 0.15) is 5.75 Å². The third-order valence-corrected chi connectivity index (χ3v) is 3.75. The maximum Gasteiger partial charge on any atom is 0.257 e. The molecule has 5 heteroatoms. The topological polar surface area (TPSA) is 56.2 Å². The van der Waals surface area contributed by atoms with Crippen molar-refractivity contribution in [3.8, 4) is 5.75 Å². The number of carbonyl (C=O) groups excluding carboxylic acids is 1. The molecule has 0 atom stereocenters. The van der Waals surface area contributed by atoms with Crippen LogP contribution < -0.4 is 10.1 Å². The molecular formula is C19H21N3O2. The summed E-state index contributed by atoms with van der Waals surface area (Å²) < 4.78 is 7.45. The fourth-order valence-electron chi connectivity index (χ4n) is 2.51. The van der Waals surface area contributed by atoms with Crippen molar-refractivity contribution in [2.75, 3.05) is 13.2 Å². The van der Waals surface area contributed by atoms with E-state index in [0.717, 1.165) is 29.4 Å². The summed E-state index contributed by atoms with van der Waals surface area (Å²) in [5.74, 6) is 0.593. The summed E-state index contributed by atoms with van der Waals surface area (Å²) in [6.45, 7) is 3.39. The van der Waals surface area contributed by atoms with Crippen molar-refractivity contribution in [1.29, 1.82) is 0 Å². The van der Waals surface area contributed by atoms with Gasteiger partial charge in [0.2, 0.25) is 0 Å². The van der Waals surface area contributed by atoms with Gasteiger partial charge in [0, 0.05) is 19.3 Å². The third-order valence-electron chi connectivity index (χ3n) is 3.75. The highest BCUT2D eigenvalue weighted by Crippen LogP contribution is 2.20. The number of aromatic nitrogens is 2. The van der Waals surface area contributed by atoms with Crippen molar-refractivity contribution in [3.63, 3.8) is 0 Å². The number of fused-ring (bicyclic) bond motifs is 1. The maximum atomic E-state index is 11.8. The van der Waals surface area contributed by atoms with E-state index in [1.165, 1.54) is 0 Å². The van der Waals surface area contributed by atoms with Crippen LogP contribution in [0.1, 0.15) is 12.1 Å². The first-order valence-electron chi connectivity index (χ1n) is 8.09. The minimum atomic E-state index is -0.111. The molecule has 0 saturated heterocycles. The van der Waals surface area contributed by atoms with E-state index in [0.29, 0.717) is 12.3 Å². The van der Waals surface area contributed by atoms with Gasteiger partial charge in [0.15, 0.2) is 6.61 Å². The Morgan fingerprint density at radius 3 is 2.79 bits per heavy atom. The molecule has 1 N–H and O–H groups in total. The second kappa shape index (κ2) is 7.64. The molecule has 124 valence electrons. The molecule has 2 aromatic carbocycles. The van der Waals surface area contributed by atoms with Crippen molar-refractivity contribution >= 4 is 16.7 Å². The third kappa shape index (κ3) is 4.35. The van der Waals surface area contributed by atoms with Gasteiger partial charge >= 0.3 is 0 Å². The average Bonchev–Trinajstić information content (AvgIpc) is 3.02. The number of hydrogen-bond acceptors (Lipinski definition) is 3. The van der Waals surface area contributed by atoms with Crippen LogP contribution in [0.2, 0.25) is 0 Å². The Hall–Kier alpha value is -2.82. The highest BCUT2D eigenvalue weighted by atomic mass is 16.5. The fraction of sp³-hybridized carbons (Fsp3) is 0.263. The van der Waals surface area contributed by atoms with Crippen LogP contribution in [0.3, 0.4) is 0 Å². The molecule has 0 unspecified atom stereocenters. The lowest BCUT2D eigenvalue weighted by Gasteiger charge is -2.08. The Balaban J connectivity index is 1.40. The van der Waals surface area contributed by atoms with Gasteiger partial charge in [-0.25, -0.2) is 0 Å². The van der Waals surface area contributed by atoms with E-state index >= 15 is 0 Å². The van der Waals surface area contributed by atoms with E-state index < -0.39 is 0 Å². The molecule has 0 saturated carbocycles. The van der Waals surface area contributed by atoms with Gasteiger partial charge < -0.3 is 10.1 Å². The number of rotatable bonds is 7. The zero-order chi connectivity index (χ0) is 16.8. The predicted molar refractivity (Wildman–Crippen MR) is 94.0 cm³/mol. The highest BCUT2D eigenvalue weighted by Gasteiger charge is 2.03. The molecule has 1 aromatic heterocycles. The lowest BCUT2D eigenvalue weighted by Crippen LogP contribution is -2.30. The summed E-state index contributed by atoms with van der Waals surface area (Å²) >= 11 is 0. The van der Waals surface area contributed by atoms with Gasteiger partial charge in [-0.15, -0.1) is 0 Å². The molecule has 0 aliphatic carbocycles. The summed E-state index contributed by atoms with van der Waals surface area (Å²) in [6.07, 6.45) is 2.78. The van der Waals surface area contributed by atoms with Gasteiger partial charge in [-0.2, -0.15) is 5.10 Å². The fourth-order valence-corrected chi connectivity index (χ4v) is 2.51. The molecule has 24 heavy (non-hydrogen) atoms. The van der Waals surface area contributed by atoms with Crippen LogP contribution in [0.4, 0.5) is 0 Å². The minimum absolute atomic E-state index is 0.0270. The molecule has 0 spiro atoms. The second-order valence-corrected chi connectivity index (χ2v) is 5.72. The molecule has 0 radical (unpaired) electrons. The molecule has 0 aliphatic heterocycles. The van der Waals surface area contributed by atoms with Crippen molar-refractivity contribution in [3.05, 3.63) is 60.4 Å². The first-order chi connectivity index (χ1) is 11.7. The zero-order valence-electron chi connectivity index (χ0n) is 13.7. The van der Waals surface area contributed by atoms with Crippen molar-refractivity contribution in [2.45, 2.75) is 19.9 Å². The van der Waals surface area contributed by atoms with Crippen LogP contribution in [-0.2, 0) is 11.3 Å². The van der Waals surface area contributed by atoms with E-state index in [1.54, 1.807) is 0 Å². The molecule has 1 heterocycles. The van der Waals surface area contributed by atoms with Crippen LogP contribution in [-0.4, -0.2) is 28.8 Å². The Kier molecular flexibility index (Phi) is 5.11. The van der Waals surface area contributed by atoms with Crippen molar-refractivity contribution in [2.24, 2.45) is 0 Å². The molecule has 1 amide bonds. The van der Waals surface area contributed by atoms with Crippen LogP contribution in [0.15, 0.2) is 54.7 Å². The average molecular weight is 323 g/mol. The summed E-state index contributed by atoms with van der Waals surface area (Å²) in [6, 6.07) is 15.9. The van der Waals surface area contributed by atoms with Gasteiger partial charge in [-0.1, -0.05) is 30.3 Å². The quantitative estimate of drug-likeness (QED) is 0.680. The second-order valence-electron chi connectivity index (χ2n) is 5.72. The van der Waals surface area contributed by atoms with Crippen LogP contribution in [0.25, 0.3) is 10.8 Å². The highest BCUT2D eigenvalue weighted by molar-refractivity contribution is 5.84. The normalized spacial score (nSPS) is 10.7. The standard InChI is InChI=1S/C19H21N3O2/c1-15-9-12-22(21-15)11-4-10-20-19(23)14-24-18-8-7-16-5-2-3-6-17(16)13-18/h2-3,5-9,12-13H,4,10-11,14H2,1H3,(H,20,23). The summed E-state index contributed by atoms with van der Waals surface area (Å²) in [5.41, 5.74) is 1.00. The van der Waals surface area contributed by atoms with Gasteiger partial charge in [-0.05, 0) is 42.3 Å². The Labute approximate surface area is 141 Å². The van der Waals surface area contributed by atoms with Crippen LogP contribution >= 0.6 is 0 Å². The Bertz CT molecular complexity index is 826. The molecule has 5 nitrogen and oxygen atoms in total. The molecule has 0 bridgehead atoms. The molecule has 3 rings (SSSR count). The molecule has 3 aromatic rings. The van der Waals surface area contributed by atoms with E-state index in [1.807, 2.05) is 66.3 Å². The van der Waals surface area contributed by atoms with Gasteiger partial charge in [0.05, 0.1) is 5.69 Å². The first-order valence-corrected chi connectivity index (χ1v) is 8.09. The number of hydrogen-bond donors (Lipinski definition) is 1. The molecule has 0 fully saturated rings. The van der Waals surface area contributed by atoms with E-state index in [2.05, 4.69) is 10.4 Å². The number of nitrogens with zero attached hydrogens (tertiary/aromatic N) is 2. The largest absolute Gasteiger partial charge is 0.484 e. The lowest BCUT2D eigenvalue weighted by molar-refractivity contribution is -0.123.